The summed E-state index contributed by atoms with van der Waals surface area (Å²) in [7, 11) is 0. The fourth-order valence-electron chi connectivity index (χ4n) is 1.71. The van der Waals surface area contributed by atoms with Crippen molar-refractivity contribution in [1.82, 2.24) is 10.6 Å². The number of carbonyl (C=O) groups is 1. The van der Waals surface area contributed by atoms with E-state index < -0.39 is 0 Å². The van der Waals surface area contributed by atoms with E-state index in [1.165, 1.54) is 0 Å². The van der Waals surface area contributed by atoms with E-state index in [1.54, 1.807) is 0 Å². The Balaban J connectivity index is 0. The zero-order valence-electron chi connectivity index (χ0n) is 11.3. The van der Waals surface area contributed by atoms with Crippen molar-refractivity contribution in [2.75, 3.05) is 13.1 Å². The predicted molar refractivity (Wildman–Crippen MR) is 71.6 cm³/mol. The van der Waals surface area contributed by atoms with Gasteiger partial charge in [0.1, 0.15) is 0 Å². The van der Waals surface area contributed by atoms with E-state index in [9.17, 15) is 4.79 Å². The molecule has 16 heavy (non-hydrogen) atoms. The van der Waals surface area contributed by atoms with Crippen LogP contribution in [0.15, 0.2) is 0 Å². The average molecular weight is 230 g/mol. The molecule has 98 valence electrons. The van der Waals surface area contributed by atoms with Crippen LogP contribution in [-0.4, -0.2) is 25.0 Å². The molecule has 0 aromatic heterocycles. The highest BCUT2D eigenvalue weighted by atomic mass is 16.1. The molecule has 1 unspecified atom stereocenters. The first-order chi connectivity index (χ1) is 7.72. The Kier molecular flexibility index (Phi) is 9.30. The van der Waals surface area contributed by atoms with Crippen molar-refractivity contribution in [2.24, 2.45) is 5.92 Å². The third kappa shape index (κ3) is 6.83. The van der Waals surface area contributed by atoms with Gasteiger partial charge in [-0.3, -0.25) is 4.79 Å². The van der Waals surface area contributed by atoms with Crippen LogP contribution in [0.4, 0.5) is 0 Å². The third-order valence-electron chi connectivity index (χ3n) is 2.94. The first-order valence-corrected chi connectivity index (χ1v) is 6.72. The van der Waals surface area contributed by atoms with Gasteiger partial charge < -0.3 is 10.6 Å². The lowest BCUT2D eigenvalue weighted by Gasteiger charge is -2.24. The normalized spacial score (nSPS) is 18.2. The molecule has 1 aliphatic rings. The minimum atomic E-state index is 0. The minimum Gasteiger partial charge on any atom is -0.353 e. The van der Waals surface area contributed by atoms with Gasteiger partial charge >= 0.3 is 0 Å². The Morgan fingerprint density at radius 3 is 2.50 bits per heavy atom. The van der Waals surface area contributed by atoms with Gasteiger partial charge in [0.2, 0.25) is 5.91 Å². The topological polar surface area (TPSA) is 41.1 Å². The maximum atomic E-state index is 11.5. The van der Waals surface area contributed by atoms with E-state index in [2.05, 4.69) is 24.5 Å². The van der Waals surface area contributed by atoms with Gasteiger partial charge in [-0.2, -0.15) is 0 Å². The highest BCUT2D eigenvalue weighted by Crippen LogP contribution is 2.08. The summed E-state index contributed by atoms with van der Waals surface area (Å²) < 4.78 is 0. The molecule has 1 atom stereocenters. The van der Waals surface area contributed by atoms with Gasteiger partial charge in [0.25, 0.3) is 0 Å². The molecule has 0 aliphatic carbocycles. The molecule has 1 aliphatic heterocycles. The molecule has 1 rings (SSSR count). The Hall–Kier alpha value is -0.570. The molecular weight excluding hydrogens is 200 g/mol. The van der Waals surface area contributed by atoms with E-state index in [4.69, 9.17) is 0 Å². The van der Waals surface area contributed by atoms with Gasteiger partial charge in [0, 0.05) is 13.9 Å². The van der Waals surface area contributed by atoms with Gasteiger partial charge in [-0.05, 0) is 31.8 Å². The zero-order chi connectivity index (χ0) is 12.4. The quantitative estimate of drug-likeness (QED) is 0.779. The molecule has 0 bridgehead atoms. The van der Waals surface area contributed by atoms with E-state index in [0.29, 0.717) is 18.4 Å². The third-order valence-corrected chi connectivity index (χ3v) is 2.94. The molecule has 1 fully saturated rings. The van der Waals surface area contributed by atoms with Crippen molar-refractivity contribution in [1.29, 1.82) is 0 Å². The van der Waals surface area contributed by atoms with Crippen molar-refractivity contribution in [3.8, 4) is 0 Å². The van der Waals surface area contributed by atoms with Crippen LogP contribution in [0.1, 0.15) is 54.8 Å². The molecule has 0 spiro atoms. The van der Waals surface area contributed by atoms with Crippen LogP contribution < -0.4 is 10.6 Å². The van der Waals surface area contributed by atoms with Crippen molar-refractivity contribution < 1.29 is 6.22 Å². The lowest BCUT2D eigenvalue weighted by molar-refractivity contribution is -0.122. The lowest BCUT2D eigenvalue weighted by atomic mass is 10.0. The highest BCUT2D eigenvalue weighted by Gasteiger charge is 2.16. The van der Waals surface area contributed by atoms with Crippen LogP contribution >= 0.6 is 0 Å². The minimum absolute atomic E-state index is 0. The van der Waals surface area contributed by atoms with Gasteiger partial charge in [-0.15, -0.1) is 0 Å². The standard InChI is InChI=1S/C11H22N2O.C2H6.H2/c1-3-9(2)8-11(14)13-10-4-6-12-7-5-10;1-2;/h9-10,12H,3-8H2,1-2H3,(H,13,14);1-2H3;1H. The zero-order valence-corrected chi connectivity index (χ0v) is 11.3. The summed E-state index contributed by atoms with van der Waals surface area (Å²) in [5.41, 5.74) is 0. The molecule has 3 heteroatoms. The van der Waals surface area contributed by atoms with Crippen molar-refractivity contribution in [3.05, 3.63) is 0 Å². The second kappa shape index (κ2) is 9.64. The summed E-state index contributed by atoms with van der Waals surface area (Å²) in [5.74, 6) is 0.739. The average Bonchev–Trinajstić information content (AvgIpc) is 2.32. The van der Waals surface area contributed by atoms with Crippen LogP contribution in [-0.2, 0) is 4.79 Å². The summed E-state index contributed by atoms with van der Waals surface area (Å²) in [6.45, 7) is 10.3. The SMILES string of the molecule is CC.CCC(C)CC(=O)NC1CCNCC1.[HH]. The number of hydrogen-bond donors (Lipinski definition) is 2. The number of piperidine rings is 1. The summed E-state index contributed by atoms with van der Waals surface area (Å²) >= 11 is 0. The molecule has 0 aromatic rings. The van der Waals surface area contributed by atoms with Crippen LogP contribution in [0, 0.1) is 5.92 Å². The first kappa shape index (κ1) is 15.4. The smallest absolute Gasteiger partial charge is 0.220 e. The van der Waals surface area contributed by atoms with Gasteiger partial charge in [0.15, 0.2) is 0 Å². The molecule has 1 amide bonds. The van der Waals surface area contributed by atoms with Crippen molar-refractivity contribution in [2.45, 2.75) is 59.4 Å². The molecule has 3 nitrogen and oxygen atoms in total. The fourth-order valence-corrected chi connectivity index (χ4v) is 1.71. The van der Waals surface area contributed by atoms with Crippen LogP contribution in [0.3, 0.4) is 0 Å². The van der Waals surface area contributed by atoms with Crippen LogP contribution in [0.25, 0.3) is 0 Å². The first-order valence-electron chi connectivity index (χ1n) is 6.72. The molecule has 1 heterocycles. The number of carbonyl (C=O) groups excluding carboxylic acids is 1. The summed E-state index contributed by atoms with van der Waals surface area (Å²) in [6, 6.07) is 0.410. The second-order valence-corrected chi connectivity index (χ2v) is 4.31. The monoisotopic (exact) mass is 230 g/mol. The van der Waals surface area contributed by atoms with Gasteiger partial charge in [-0.1, -0.05) is 34.1 Å². The predicted octanol–water partition coefficient (Wildman–Crippen LogP) is 2.56. The molecular formula is C13H30N2O. The summed E-state index contributed by atoms with van der Waals surface area (Å²) in [6.07, 6.45) is 3.92. The van der Waals surface area contributed by atoms with Gasteiger partial charge in [-0.25, -0.2) is 0 Å². The number of nitrogens with one attached hydrogen (secondary N) is 2. The van der Waals surface area contributed by atoms with Crippen molar-refractivity contribution in [3.63, 3.8) is 0 Å². The molecule has 0 aromatic carbocycles. The fraction of sp³-hybridized carbons (Fsp3) is 0.923. The van der Waals surface area contributed by atoms with Gasteiger partial charge in [0.05, 0.1) is 0 Å². The van der Waals surface area contributed by atoms with E-state index in [1.807, 2.05) is 13.8 Å². The molecule has 0 saturated carbocycles. The van der Waals surface area contributed by atoms with Crippen molar-refractivity contribution >= 4 is 5.91 Å². The molecule has 2 N–H and O–H groups in total. The van der Waals surface area contributed by atoms with E-state index >= 15 is 0 Å². The largest absolute Gasteiger partial charge is 0.353 e. The lowest BCUT2D eigenvalue weighted by Crippen LogP contribution is -2.43. The summed E-state index contributed by atoms with van der Waals surface area (Å²) in [4.78, 5) is 11.5. The van der Waals surface area contributed by atoms with E-state index in [-0.39, 0.29) is 7.33 Å². The Bertz CT molecular complexity index is 182. The second-order valence-electron chi connectivity index (χ2n) is 4.31. The van der Waals surface area contributed by atoms with E-state index in [0.717, 1.165) is 32.4 Å². The summed E-state index contributed by atoms with van der Waals surface area (Å²) in [5, 5.41) is 6.39. The van der Waals surface area contributed by atoms with Crippen LogP contribution in [0.2, 0.25) is 0 Å². The Labute approximate surface area is 102 Å². The highest BCUT2D eigenvalue weighted by molar-refractivity contribution is 5.76. The maximum absolute atomic E-state index is 11.5. The number of hydrogen-bond acceptors (Lipinski definition) is 2. The number of amides is 1. The Morgan fingerprint density at radius 2 is 2.00 bits per heavy atom. The van der Waals surface area contributed by atoms with Crippen LogP contribution in [0.5, 0.6) is 0 Å². The Morgan fingerprint density at radius 1 is 1.44 bits per heavy atom. The maximum Gasteiger partial charge on any atom is 0.220 e. The molecule has 1 saturated heterocycles. The number of rotatable bonds is 4. The molecule has 0 radical (unpaired) electrons.